The number of likely N-dealkylation sites (tertiary alicyclic amines) is 1. The molecule has 1 saturated carbocycles. The zero-order valence-electron chi connectivity index (χ0n) is 25.4. The van der Waals surface area contributed by atoms with Crippen molar-refractivity contribution in [3.8, 4) is 11.5 Å². The van der Waals surface area contributed by atoms with E-state index in [9.17, 15) is 28.7 Å². The molecular formula is C37H30ClFN2O6. The summed E-state index contributed by atoms with van der Waals surface area (Å²) < 4.78 is 20.2. The van der Waals surface area contributed by atoms with Gasteiger partial charge >= 0.3 is 0 Å². The van der Waals surface area contributed by atoms with Gasteiger partial charge in [-0.05, 0) is 73.2 Å². The van der Waals surface area contributed by atoms with Crippen molar-refractivity contribution >= 4 is 40.9 Å². The molecule has 3 aliphatic heterocycles. The number of amides is 4. The maximum absolute atomic E-state index is 14.6. The van der Waals surface area contributed by atoms with Crippen molar-refractivity contribution in [3.05, 3.63) is 112 Å². The second-order valence-electron chi connectivity index (χ2n) is 13.3. The Balaban J connectivity index is 1.23. The van der Waals surface area contributed by atoms with Crippen molar-refractivity contribution in [3.63, 3.8) is 0 Å². The number of fused-ring (bicyclic) bond motifs is 5. The Morgan fingerprint density at radius 3 is 2.53 bits per heavy atom. The summed E-state index contributed by atoms with van der Waals surface area (Å²) in [5.41, 5.74) is 2.01. The summed E-state index contributed by atoms with van der Waals surface area (Å²) in [6, 6.07) is 17.9. The molecule has 4 amide bonds. The lowest BCUT2D eigenvalue weighted by Gasteiger charge is -2.49. The Kier molecular flexibility index (Phi) is 6.70. The van der Waals surface area contributed by atoms with Crippen molar-refractivity contribution in [2.24, 2.45) is 35.0 Å². The van der Waals surface area contributed by atoms with Gasteiger partial charge in [0.15, 0.2) is 0 Å². The van der Waals surface area contributed by atoms with Gasteiger partial charge in [-0.3, -0.25) is 24.1 Å². The van der Waals surface area contributed by atoms with E-state index in [2.05, 4.69) is 0 Å². The number of hydrogen-bond acceptors (Lipinski definition) is 6. The quantitative estimate of drug-likeness (QED) is 0.275. The Bertz CT molecular complexity index is 1960. The van der Waals surface area contributed by atoms with Crippen molar-refractivity contribution in [1.82, 2.24) is 4.90 Å². The number of nitrogens with zero attached hydrogens (tertiary/aromatic N) is 2. The number of carbonyl (C=O) groups is 4. The molecule has 8 nitrogen and oxygen atoms in total. The van der Waals surface area contributed by atoms with Crippen molar-refractivity contribution in [2.75, 3.05) is 4.90 Å². The number of rotatable bonds is 4. The fourth-order valence-corrected chi connectivity index (χ4v) is 8.88. The topological polar surface area (TPSA) is 104 Å². The van der Waals surface area contributed by atoms with Crippen LogP contribution in [-0.2, 0) is 32.1 Å². The van der Waals surface area contributed by atoms with Gasteiger partial charge in [-0.2, -0.15) is 0 Å². The number of aromatic hydroxyl groups is 1. The molecule has 3 heterocycles. The molecule has 10 heteroatoms. The molecule has 0 radical (unpaired) electrons. The van der Waals surface area contributed by atoms with E-state index in [0.717, 1.165) is 33.2 Å². The van der Waals surface area contributed by atoms with Gasteiger partial charge in [0.05, 0.1) is 46.7 Å². The molecular weight excluding hydrogens is 623 g/mol. The van der Waals surface area contributed by atoms with Gasteiger partial charge in [-0.15, -0.1) is 0 Å². The first-order chi connectivity index (χ1) is 22.6. The van der Waals surface area contributed by atoms with Crippen LogP contribution in [0.5, 0.6) is 11.5 Å². The Labute approximate surface area is 275 Å². The normalized spacial score (nSPS) is 29.5. The molecule has 5 aliphatic rings. The molecule has 1 N–H and O–H groups in total. The number of hydrogen-bond donors (Lipinski definition) is 1. The molecule has 0 spiro atoms. The van der Waals surface area contributed by atoms with Gasteiger partial charge in [-0.1, -0.05) is 53.6 Å². The zero-order chi connectivity index (χ0) is 32.8. The van der Waals surface area contributed by atoms with Crippen LogP contribution in [0.2, 0.25) is 5.02 Å². The van der Waals surface area contributed by atoms with E-state index in [1.165, 1.54) is 23.1 Å². The van der Waals surface area contributed by atoms with Crippen LogP contribution < -0.4 is 9.64 Å². The monoisotopic (exact) mass is 652 g/mol. The molecule has 8 rings (SSSR count). The van der Waals surface area contributed by atoms with E-state index in [1.807, 2.05) is 36.4 Å². The third kappa shape index (κ3) is 4.32. The van der Waals surface area contributed by atoms with Gasteiger partial charge < -0.3 is 9.84 Å². The molecule has 6 atom stereocenters. The summed E-state index contributed by atoms with van der Waals surface area (Å²) in [6.45, 7) is 1.94. The molecule has 2 saturated heterocycles. The first kappa shape index (κ1) is 29.6. The second kappa shape index (κ2) is 10.6. The molecule has 238 valence electrons. The molecule has 0 aromatic heterocycles. The predicted molar refractivity (Wildman–Crippen MR) is 169 cm³/mol. The minimum Gasteiger partial charge on any atom is -0.508 e. The largest absolute Gasteiger partial charge is 0.508 e. The minimum atomic E-state index is -1.29. The Morgan fingerprint density at radius 2 is 1.77 bits per heavy atom. The van der Waals surface area contributed by atoms with Crippen LogP contribution in [0.1, 0.15) is 30.9 Å². The Morgan fingerprint density at radius 1 is 0.979 bits per heavy atom. The summed E-state index contributed by atoms with van der Waals surface area (Å²) in [5.74, 6) is -4.67. The number of halogens is 2. The van der Waals surface area contributed by atoms with Crippen LogP contribution in [-0.4, -0.2) is 33.6 Å². The maximum atomic E-state index is 14.6. The van der Waals surface area contributed by atoms with Crippen molar-refractivity contribution < 1.29 is 33.4 Å². The molecule has 3 aromatic rings. The molecule has 3 aromatic carbocycles. The lowest BCUT2D eigenvalue weighted by atomic mass is 9.51. The van der Waals surface area contributed by atoms with Crippen LogP contribution in [0.3, 0.4) is 0 Å². The van der Waals surface area contributed by atoms with Crippen LogP contribution in [0.4, 0.5) is 10.1 Å². The molecule has 2 aliphatic carbocycles. The summed E-state index contributed by atoms with van der Waals surface area (Å²) in [6.07, 6.45) is 4.46. The zero-order valence-corrected chi connectivity index (χ0v) is 26.1. The first-order valence-corrected chi connectivity index (χ1v) is 16.1. The number of carbonyl (C=O) groups excluding carboxylic acids is 4. The van der Waals surface area contributed by atoms with E-state index in [0.29, 0.717) is 18.6 Å². The van der Waals surface area contributed by atoms with E-state index in [4.69, 9.17) is 16.3 Å². The van der Waals surface area contributed by atoms with Crippen LogP contribution in [0.25, 0.3) is 0 Å². The summed E-state index contributed by atoms with van der Waals surface area (Å²) in [5, 5.41) is 10.0. The van der Waals surface area contributed by atoms with Gasteiger partial charge in [0.1, 0.15) is 17.3 Å². The predicted octanol–water partition coefficient (Wildman–Crippen LogP) is 5.97. The highest BCUT2D eigenvalue weighted by atomic mass is 35.5. The van der Waals surface area contributed by atoms with Crippen molar-refractivity contribution in [2.45, 2.75) is 32.7 Å². The minimum absolute atomic E-state index is 0.0685. The Hall–Kier alpha value is -4.76. The fraction of sp³-hybridized carbons (Fsp3) is 0.297. The smallest absolute Gasteiger partial charge is 0.241 e. The maximum Gasteiger partial charge on any atom is 0.241 e. The van der Waals surface area contributed by atoms with Crippen LogP contribution in [0, 0.1) is 40.8 Å². The summed E-state index contributed by atoms with van der Waals surface area (Å²) in [7, 11) is 0. The highest BCUT2D eigenvalue weighted by Gasteiger charge is 2.68. The van der Waals surface area contributed by atoms with Gasteiger partial charge in [0.25, 0.3) is 0 Å². The van der Waals surface area contributed by atoms with Gasteiger partial charge in [-0.25, -0.2) is 9.29 Å². The van der Waals surface area contributed by atoms with Crippen LogP contribution >= 0.6 is 11.6 Å². The number of phenols is 1. The number of phenolic OH excluding ortho intramolecular Hbond substituents is 1. The molecule has 0 unspecified atom stereocenters. The molecule has 3 fully saturated rings. The van der Waals surface area contributed by atoms with E-state index in [-0.39, 0.29) is 41.2 Å². The average Bonchev–Trinajstić information content (AvgIpc) is 3.41. The van der Waals surface area contributed by atoms with Crippen molar-refractivity contribution in [1.29, 1.82) is 0 Å². The standard InChI is InChI=1S/C37H30ClFN2O6/c1-37-27(34(44)41(36(37)46)22-7-11-29(39)28(38)15-22)16-26-24(32(37)21-13-20-14-23(42)8-12-30(20)47-18-21)9-10-25-31(26)35(45)40(33(25)43)17-19-5-3-2-4-6-19/h2-9,11-12,14-15,18,25-27,31-32,42H,10,13,16-17H2,1H3/t25-,26+,27-,31-,32-,37+/m0/s1. The second-order valence-corrected chi connectivity index (χ2v) is 13.7. The lowest BCUT2D eigenvalue weighted by Crippen LogP contribution is -2.51. The number of allylic oxidation sites excluding steroid dienone is 3. The average molecular weight is 653 g/mol. The third-order valence-corrected chi connectivity index (χ3v) is 11.1. The number of anilines is 1. The van der Waals surface area contributed by atoms with E-state index in [1.54, 1.807) is 25.3 Å². The highest BCUT2D eigenvalue weighted by molar-refractivity contribution is 6.31. The molecule has 0 bridgehead atoms. The third-order valence-electron chi connectivity index (χ3n) is 10.9. The van der Waals surface area contributed by atoms with Gasteiger partial charge in [0, 0.05) is 17.9 Å². The SMILES string of the molecule is C[C@@]12C(=O)N(c3ccc(F)c(Cl)c3)C(=O)[C@@H]1C[C@@H]1C(=CC[C@@H]3C(=O)N(Cc4ccccc4)C(=O)[C@@H]31)[C@@H]2C1=COc2ccc(O)cc2C1. The number of imide groups is 2. The number of benzene rings is 3. The van der Waals surface area contributed by atoms with E-state index >= 15 is 0 Å². The van der Waals surface area contributed by atoms with E-state index < -0.39 is 52.6 Å². The summed E-state index contributed by atoms with van der Waals surface area (Å²) >= 11 is 6.09. The summed E-state index contributed by atoms with van der Waals surface area (Å²) in [4.78, 5) is 59.3. The lowest BCUT2D eigenvalue weighted by molar-refractivity contribution is -0.141. The highest BCUT2D eigenvalue weighted by Crippen LogP contribution is 2.63. The van der Waals surface area contributed by atoms with Gasteiger partial charge in [0.2, 0.25) is 23.6 Å². The molecule has 47 heavy (non-hydrogen) atoms. The first-order valence-electron chi connectivity index (χ1n) is 15.7. The van der Waals surface area contributed by atoms with Crippen LogP contribution in [0.15, 0.2) is 90.2 Å². The number of ether oxygens (including phenoxy) is 1. The fourth-order valence-electron chi connectivity index (χ4n) is 8.70.